The zero-order valence-electron chi connectivity index (χ0n) is 23.6. The molecule has 1 atom stereocenters. The quantitative estimate of drug-likeness (QED) is 0.201. The second-order valence-corrected chi connectivity index (χ2v) is 12.4. The summed E-state index contributed by atoms with van der Waals surface area (Å²) in [6.45, 7) is 4.16. The topological polar surface area (TPSA) is 85.1 Å². The highest BCUT2D eigenvalue weighted by molar-refractivity contribution is 7.17. The Morgan fingerprint density at radius 2 is 1.79 bits per heavy atom. The maximum Gasteiger partial charge on any atom is 0.261 e. The highest BCUT2D eigenvalue weighted by Gasteiger charge is 2.26. The number of benzene rings is 3. The van der Waals surface area contributed by atoms with Crippen molar-refractivity contribution in [3.05, 3.63) is 123 Å². The van der Waals surface area contributed by atoms with Crippen LogP contribution in [-0.2, 0) is 19.3 Å². The van der Waals surface area contributed by atoms with Gasteiger partial charge < -0.3 is 11.1 Å². The molecule has 3 aromatic carbocycles. The Morgan fingerprint density at radius 3 is 2.55 bits per heavy atom. The first-order valence-electron chi connectivity index (χ1n) is 14.3. The number of aromatic nitrogens is 1. The van der Waals surface area contributed by atoms with Crippen LogP contribution in [0.25, 0.3) is 21.3 Å². The summed E-state index contributed by atoms with van der Waals surface area (Å²) >= 11 is 1.36. The van der Waals surface area contributed by atoms with Crippen molar-refractivity contribution in [2.75, 3.05) is 0 Å². The van der Waals surface area contributed by atoms with Crippen molar-refractivity contribution in [3.8, 4) is 10.4 Å². The number of carbonyl (C=O) groups excluding carboxylic acids is 2. The van der Waals surface area contributed by atoms with E-state index >= 15 is 0 Å². The fourth-order valence-electron chi connectivity index (χ4n) is 5.90. The third kappa shape index (κ3) is 5.57. The van der Waals surface area contributed by atoms with Gasteiger partial charge in [0.1, 0.15) is 5.82 Å². The van der Waals surface area contributed by atoms with Gasteiger partial charge in [-0.2, -0.15) is 0 Å². The lowest BCUT2D eigenvalue weighted by Crippen LogP contribution is -2.26. The lowest BCUT2D eigenvalue weighted by molar-refractivity contribution is 0.0939. The molecule has 0 spiro atoms. The minimum atomic E-state index is -0.535. The number of amides is 2. The number of halogens is 1. The van der Waals surface area contributed by atoms with Gasteiger partial charge in [-0.25, -0.2) is 4.39 Å². The summed E-state index contributed by atoms with van der Waals surface area (Å²) < 4.78 is 13.4. The van der Waals surface area contributed by atoms with Crippen LogP contribution in [0.1, 0.15) is 74.3 Å². The SMILES string of the molecule is CC(C)Cc1nc2cc(Cc3ccc(F)cc3)ccc2c(-c2ccc(C(=O)NC3CCc4ccccc43)s2)c1C(N)=O. The number of aryl methyl sites for hydroxylation is 1. The molecule has 3 N–H and O–H groups in total. The third-order valence-electron chi connectivity index (χ3n) is 7.81. The van der Waals surface area contributed by atoms with E-state index in [1.165, 1.54) is 34.6 Å². The minimum absolute atomic E-state index is 0.0145. The van der Waals surface area contributed by atoms with Crippen molar-refractivity contribution in [3.63, 3.8) is 0 Å². The van der Waals surface area contributed by atoms with Gasteiger partial charge in [0.2, 0.25) is 0 Å². The fourth-order valence-corrected chi connectivity index (χ4v) is 6.87. The number of thiophene rings is 1. The number of rotatable bonds is 8. The second kappa shape index (κ2) is 11.5. The summed E-state index contributed by atoms with van der Waals surface area (Å²) in [5, 5.41) is 4.01. The van der Waals surface area contributed by atoms with E-state index in [0.29, 0.717) is 34.5 Å². The average molecular weight is 578 g/mol. The Hall–Kier alpha value is -4.36. The zero-order valence-corrected chi connectivity index (χ0v) is 24.4. The van der Waals surface area contributed by atoms with Crippen molar-refractivity contribution >= 4 is 34.1 Å². The molecule has 5 nitrogen and oxygen atoms in total. The number of pyridine rings is 1. The molecule has 6 rings (SSSR count). The average Bonchev–Trinajstić information content (AvgIpc) is 3.61. The molecule has 2 heterocycles. The summed E-state index contributed by atoms with van der Waals surface area (Å²) in [5.74, 6) is -0.677. The molecule has 0 fully saturated rings. The van der Waals surface area contributed by atoms with Gasteiger partial charge in [0.15, 0.2) is 0 Å². The number of hydrogen-bond donors (Lipinski definition) is 2. The molecule has 1 unspecified atom stereocenters. The molecule has 0 bridgehead atoms. The van der Waals surface area contributed by atoms with Crippen LogP contribution in [0.15, 0.2) is 78.9 Å². The highest BCUT2D eigenvalue weighted by Crippen LogP contribution is 2.39. The molecule has 212 valence electrons. The molecule has 0 aliphatic heterocycles. The molecule has 1 aliphatic rings. The standard InChI is InChI=1S/C35H32FN3O2S/c1-20(2)17-29-33(34(37)40)32(26-13-9-22(19-28(26)38-29)18-21-7-11-24(36)12-8-21)30-15-16-31(42-30)35(41)39-27-14-10-23-5-3-4-6-25(23)27/h3-9,11-13,15-16,19-20,27H,10,14,17-18H2,1-2H3,(H2,37,40)(H,39,41). The summed E-state index contributed by atoms with van der Waals surface area (Å²) in [7, 11) is 0. The van der Waals surface area contributed by atoms with Crippen molar-refractivity contribution in [1.29, 1.82) is 0 Å². The molecule has 42 heavy (non-hydrogen) atoms. The van der Waals surface area contributed by atoms with Crippen molar-refractivity contribution in [1.82, 2.24) is 10.3 Å². The number of fused-ring (bicyclic) bond motifs is 2. The van der Waals surface area contributed by atoms with E-state index in [2.05, 4.69) is 31.3 Å². The van der Waals surface area contributed by atoms with Gasteiger partial charge in [-0.15, -0.1) is 11.3 Å². The molecule has 1 aliphatic carbocycles. The number of nitrogens with one attached hydrogen (secondary N) is 1. The van der Waals surface area contributed by atoms with Crippen molar-refractivity contribution in [2.24, 2.45) is 11.7 Å². The van der Waals surface area contributed by atoms with Crippen LogP contribution >= 0.6 is 11.3 Å². The predicted octanol–water partition coefficient (Wildman–Crippen LogP) is 7.41. The van der Waals surface area contributed by atoms with Gasteiger partial charge >= 0.3 is 0 Å². The lowest BCUT2D eigenvalue weighted by atomic mass is 9.93. The molecule has 0 radical (unpaired) electrons. The first-order chi connectivity index (χ1) is 20.3. The molecule has 2 amide bonds. The highest BCUT2D eigenvalue weighted by atomic mass is 32.1. The van der Waals surface area contributed by atoms with Gasteiger partial charge in [0, 0.05) is 15.8 Å². The van der Waals surface area contributed by atoms with Crippen LogP contribution in [0.3, 0.4) is 0 Å². The van der Waals surface area contributed by atoms with Crippen molar-refractivity contribution < 1.29 is 14.0 Å². The normalized spacial score (nSPS) is 14.3. The number of primary amides is 1. The Morgan fingerprint density at radius 1 is 1.02 bits per heavy atom. The van der Waals surface area contributed by atoms with Crippen LogP contribution < -0.4 is 11.1 Å². The number of nitrogens with two attached hydrogens (primary N) is 1. The van der Waals surface area contributed by atoms with Crippen LogP contribution in [-0.4, -0.2) is 16.8 Å². The molecular formula is C35H32FN3O2S. The van der Waals surface area contributed by atoms with Crippen molar-refractivity contribution in [2.45, 2.75) is 45.6 Å². The Bertz CT molecular complexity index is 1810. The van der Waals surface area contributed by atoms with E-state index in [-0.39, 0.29) is 23.7 Å². The molecule has 7 heteroatoms. The largest absolute Gasteiger partial charge is 0.366 e. The summed E-state index contributed by atoms with van der Waals surface area (Å²) in [4.78, 5) is 32.6. The maximum atomic E-state index is 13.4. The molecular weight excluding hydrogens is 545 g/mol. The third-order valence-corrected chi connectivity index (χ3v) is 8.91. The van der Waals surface area contributed by atoms with Crippen LogP contribution in [0.4, 0.5) is 4.39 Å². The Labute approximate surface area is 248 Å². The van der Waals surface area contributed by atoms with Gasteiger partial charge in [-0.05, 0) is 84.2 Å². The molecule has 2 aromatic heterocycles. The maximum absolute atomic E-state index is 13.4. The monoisotopic (exact) mass is 577 g/mol. The lowest BCUT2D eigenvalue weighted by Gasteiger charge is -2.16. The summed E-state index contributed by atoms with van der Waals surface area (Å²) in [5.41, 5.74) is 13.0. The van der Waals surface area contributed by atoms with E-state index in [4.69, 9.17) is 10.7 Å². The fraction of sp³-hybridized carbons (Fsp3) is 0.229. The van der Waals surface area contributed by atoms with E-state index in [9.17, 15) is 14.0 Å². The smallest absolute Gasteiger partial charge is 0.261 e. The second-order valence-electron chi connectivity index (χ2n) is 11.4. The number of hydrogen-bond acceptors (Lipinski definition) is 4. The van der Waals surface area contributed by atoms with Crippen LogP contribution in [0.5, 0.6) is 0 Å². The van der Waals surface area contributed by atoms with E-state index in [1.54, 1.807) is 12.1 Å². The predicted molar refractivity (Wildman–Crippen MR) is 166 cm³/mol. The summed E-state index contributed by atoms with van der Waals surface area (Å²) in [6.07, 6.45) is 3.04. The van der Waals surface area contributed by atoms with Crippen LogP contribution in [0, 0.1) is 11.7 Å². The molecule has 0 saturated carbocycles. The Balaban J connectivity index is 1.39. The van der Waals surface area contributed by atoms with Gasteiger partial charge in [0.05, 0.1) is 27.7 Å². The number of nitrogens with zero attached hydrogens (tertiary/aromatic N) is 1. The van der Waals surface area contributed by atoms with Crippen LogP contribution in [0.2, 0.25) is 0 Å². The first-order valence-corrected chi connectivity index (χ1v) is 15.1. The van der Waals surface area contributed by atoms with E-state index in [1.807, 2.05) is 42.5 Å². The van der Waals surface area contributed by atoms with Gasteiger partial charge in [-0.3, -0.25) is 14.6 Å². The minimum Gasteiger partial charge on any atom is -0.366 e. The number of carbonyl (C=O) groups is 2. The van der Waals surface area contributed by atoms with E-state index < -0.39 is 5.91 Å². The van der Waals surface area contributed by atoms with E-state index in [0.717, 1.165) is 39.7 Å². The van der Waals surface area contributed by atoms with Gasteiger partial charge in [0.25, 0.3) is 11.8 Å². The summed E-state index contributed by atoms with van der Waals surface area (Å²) in [6, 6.07) is 24.4. The zero-order chi connectivity index (χ0) is 29.4. The molecule has 0 saturated heterocycles. The molecule has 5 aromatic rings. The van der Waals surface area contributed by atoms with Gasteiger partial charge in [-0.1, -0.05) is 62.4 Å². The first kappa shape index (κ1) is 27.8. The Kier molecular flexibility index (Phi) is 7.60.